The quantitative estimate of drug-likeness (QED) is 0.821. The Balaban J connectivity index is 1.56. The van der Waals surface area contributed by atoms with Gasteiger partial charge in [-0.25, -0.2) is 4.98 Å². The number of amides is 1. The molecular weight excluding hydrogens is 328 g/mol. The Morgan fingerprint density at radius 2 is 2.23 bits per heavy atom. The van der Waals surface area contributed by atoms with E-state index >= 15 is 0 Å². The van der Waals surface area contributed by atoms with Crippen LogP contribution in [-0.4, -0.2) is 57.8 Å². The summed E-state index contributed by atoms with van der Waals surface area (Å²) in [5, 5.41) is 3.01. The number of hydrogen-bond donors (Lipinski definition) is 1. The molecule has 7 nitrogen and oxygen atoms in total. The molecule has 0 aliphatic carbocycles. The molecule has 1 saturated heterocycles. The standard InChI is InChI=1S/C19H26N6O/c1-20-18-13-22-12-16(23-18)17-6-4-9-25(17)19(26)7-10-24(2)14-15-5-3-8-21-11-15/h3,5,8,11-13,17H,4,6-7,9-10,14H2,1-2H3,(H,20,23). The third-order valence-electron chi connectivity index (χ3n) is 4.71. The molecule has 0 radical (unpaired) electrons. The number of nitrogens with zero attached hydrogens (tertiary/aromatic N) is 5. The molecule has 1 aliphatic rings. The smallest absolute Gasteiger partial charge is 0.224 e. The van der Waals surface area contributed by atoms with Gasteiger partial charge in [-0.2, -0.15) is 0 Å². The summed E-state index contributed by atoms with van der Waals surface area (Å²) in [4.78, 5) is 29.8. The summed E-state index contributed by atoms with van der Waals surface area (Å²) in [7, 11) is 3.85. The van der Waals surface area contributed by atoms with Gasteiger partial charge in [-0.15, -0.1) is 0 Å². The van der Waals surface area contributed by atoms with E-state index in [1.54, 1.807) is 18.6 Å². The maximum absolute atomic E-state index is 12.8. The summed E-state index contributed by atoms with van der Waals surface area (Å²) in [6, 6.07) is 4.02. The van der Waals surface area contributed by atoms with Gasteiger partial charge in [0.1, 0.15) is 5.82 Å². The number of likely N-dealkylation sites (tertiary alicyclic amines) is 1. The van der Waals surface area contributed by atoms with Gasteiger partial charge in [-0.3, -0.25) is 14.8 Å². The van der Waals surface area contributed by atoms with Crippen LogP contribution in [0.4, 0.5) is 5.82 Å². The van der Waals surface area contributed by atoms with Gasteiger partial charge in [0.2, 0.25) is 5.91 Å². The van der Waals surface area contributed by atoms with E-state index in [4.69, 9.17) is 0 Å². The highest BCUT2D eigenvalue weighted by Gasteiger charge is 2.31. The minimum absolute atomic E-state index is 0.0342. The van der Waals surface area contributed by atoms with E-state index in [-0.39, 0.29) is 11.9 Å². The minimum Gasteiger partial charge on any atom is -0.372 e. The summed E-state index contributed by atoms with van der Waals surface area (Å²) >= 11 is 0. The van der Waals surface area contributed by atoms with Crippen molar-refractivity contribution in [2.45, 2.75) is 31.8 Å². The highest BCUT2D eigenvalue weighted by Crippen LogP contribution is 2.31. The van der Waals surface area contributed by atoms with Crippen LogP contribution in [0.3, 0.4) is 0 Å². The highest BCUT2D eigenvalue weighted by atomic mass is 16.2. The lowest BCUT2D eigenvalue weighted by Crippen LogP contribution is -2.33. The van der Waals surface area contributed by atoms with Crippen molar-refractivity contribution in [3.8, 4) is 0 Å². The van der Waals surface area contributed by atoms with E-state index in [1.807, 2.05) is 31.3 Å². The van der Waals surface area contributed by atoms with Crippen molar-refractivity contribution < 1.29 is 4.79 Å². The highest BCUT2D eigenvalue weighted by molar-refractivity contribution is 5.77. The van der Waals surface area contributed by atoms with Gasteiger partial charge in [-0.05, 0) is 31.5 Å². The molecule has 1 amide bonds. The fraction of sp³-hybridized carbons (Fsp3) is 0.474. The number of anilines is 1. The molecule has 0 spiro atoms. The zero-order valence-electron chi connectivity index (χ0n) is 15.4. The number of hydrogen-bond acceptors (Lipinski definition) is 6. The Bertz CT molecular complexity index is 723. The Kier molecular flexibility index (Phi) is 6.12. The second-order valence-corrected chi connectivity index (χ2v) is 6.67. The van der Waals surface area contributed by atoms with Crippen molar-refractivity contribution in [3.63, 3.8) is 0 Å². The predicted octanol–water partition coefficient (Wildman–Crippen LogP) is 2.10. The first-order valence-electron chi connectivity index (χ1n) is 9.04. The fourth-order valence-corrected chi connectivity index (χ4v) is 3.35. The molecule has 26 heavy (non-hydrogen) atoms. The fourth-order valence-electron chi connectivity index (χ4n) is 3.35. The van der Waals surface area contributed by atoms with E-state index in [0.717, 1.165) is 49.6 Å². The van der Waals surface area contributed by atoms with Crippen molar-refractivity contribution in [1.29, 1.82) is 0 Å². The van der Waals surface area contributed by atoms with Crippen LogP contribution in [0.15, 0.2) is 36.9 Å². The number of rotatable bonds is 7. The molecule has 3 heterocycles. The maximum Gasteiger partial charge on any atom is 0.224 e. The molecular formula is C19H26N6O. The summed E-state index contributed by atoms with van der Waals surface area (Å²) in [5.74, 6) is 0.917. The third-order valence-corrected chi connectivity index (χ3v) is 4.71. The van der Waals surface area contributed by atoms with Crippen LogP contribution in [0.5, 0.6) is 0 Å². The topological polar surface area (TPSA) is 74.2 Å². The van der Waals surface area contributed by atoms with Crippen molar-refractivity contribution in [1.82, 2.24) is 24.8 Å². The number of nitrogens with one attached hydrogen (secondary N) is 1. The molecule has 2 aromatic rings. The second-order valence-electron chi connectivity index (χ2n) is 6.67. The summed E-state index contributed by atoms with van der Waals surface area (Å²) in [6.07, 6.45) is 9.55. The average molecular weight is 354 g/mol. The largest absolute Gasteiger partial charge is 0.372 e. The predicted molar refractivity (Wildman–Crippen MR) is 100 cm³/mol. The van der Waals surface area contributed by atoms with Crippen molar-refractivity contribution in [2.24, 2.45) is 0 Å². The SMILES string of the molecule is CNc1cncc(C2CCCN2C(=O)CCN(C)Cc2cccnc2)n1. The van der Waals surface area contributed by atoms with Gasteiger partial charge in [0.15, 0.2) is 0 Å². The Labute approximate surface area is 154 Å². The van der Waals surface area contributed by atoms with Gasteiger partial charge in [0.25, 0.3) is 0 Å². The number of aromatic nitrogens is 3. The summed E-state index contributed by atoms with van der Waals surface area (Å²) in [5.41, 5.74) is 2.02. The number of pyridine rings is 1. The average Bonchev–Trinajstić information content (AvgIpc) is 3.17. The van der Waals surface area contributed by atoms with E-state index in [2.05, 4.69) is 31.2 Å². The van der Waals surface area contributed by atoms with Gasteiger partial charge < -0.3 is 15.1 Å². The molecule has 7 heteroatoms. The first-order chi connectivity index (χ1) is 12.7. The molecule has 1 unspecified atom stereocenters. The summed E-state index contributed by atoms with van der Waals surface area (Å²) in [6.45, 7) is 2.31. The first kappa shape index (κ1) is 18.3. The monoisotopic (exact) mass is 354 g/mol. The zero-order valence-corrected chi connectivity index (χ0v) is 15.4. The molecule has 0 bridgehead atoms. The number of carbonyl (C=O) groups excluding carboxylic acids is 1. The molecule has 1 atom stereocenters. The van der Waals surface area contributed by atoms with Crippen LogP contribution in [0.1, 0.15) is 36.6 Å². The van der Waals surface area contributed by atoms with Gasteiger partial charge in [0, 0.05) is 45.5 Å². The van der Waals surface area contributed by atoms with Gasteiger partial charge in [-0.1, -0.05) is 6.07 Å². The second kappa shape index (κ2) is 8.71. The van der Waals surface area contributed by atoms with Gasteiger partial charge >= 0.3 is 0 Å². The zero-order chi connectivity index (χ0) is 18.4. The lowest BCUT2D eigenvalue weighted by Gasteiger charge is -2.25. The number of carbonyl (C=O) groups is 1. The molecule has 2 aromatic heterocycles. The third kappa shape index (κ3) is 4.54. The lowest BCUT2D eigenvalue weighted by atomic mass is 10.1. The van der Waals surface area contributed by atoms with E-state index in [0.29, 0.717) is 6.42 Å². The van der Waals surface area contributed by atoms with Crippen LogP contribution >= 0.6 is 0 Å². The van der Waals surface area contributed by atoms with E-state index < -0.39 is 0 Å². The molecule has 1 aliphatic heterocycles. The van der Waals surface area contributed by atoms with Crippen molar-refractivity contribution >= 4 is 11.7 Å². The first-order valence-corrected chi connectivity index (χ1v) is 9.04. The molecule has 3 rings (SSSR count). The Hall–Kier alpha value is -2.54. The van der Waals surface area contributed by atoms with Crippen LogP contribution in [0, 0.1) is 0 Å². The van der Waals surface area contributed by atoms with E-state index in [9.17, 15) is 4.79 Å². The van der Waals surface area contributed by atoms with Gasteiger partial charge in [0.05, 0.1) is 24.1 Å². The van der Waals surface area contributed by atoms with Crippen LogP contribution in [0.2, 0.25) is 0 Å². The van der Waals surface area contributed by atoms with Crippen LogP contribution in [0.25, 0.3) is 0 Å². The van der Waals surface area contributed by atoms with Crippen molar-refractivity contribution in [2.75, 3.05) is 32.5 Å². The van der Waals surface area contributed by atoms with Crippen LogP contribution in [-0.2, 0) is 11.3 Å². The maximum atomic E-state index is 12.8. The Morgan fingerprint density at radius 1 is 1.35 bits per heavy atom. The normalized spacial score (nSPS) is 16.9. The molecule has 138 valence electrons. The minimum atomic E-state index is 0.0342. The molecule has 0 aromatic carbocycles. The van der Waals surface area contributed by atoms with Crippen LogP contribution < -0.4 is 5.32 Å². The van der Waals surface area contributed by atoms with E-state index in [1.165, 1.54) is 0 Å². The Morgan fingerprint density at radius 3 is 3.00 bits per heavy atom. The molecule has 1 fully saturated rings. The molecule has 1 N–H and O–H groups in total. The molecule has 0 saturated carbocycles. The lowest BCUT2D eigenvalue weighted by molar-refractivity contribution is -0.132. The summed E-state index contributed by atoms with van der Waals surface area (Å²) < 4.78 is 0. The van der Waals surface area contributed by atoms with Crippen molar-refractivity contribution in [3.05, 3.63) is 48.2 Å².